The number of aromatic nitrogens is 2. The van der Waals surface area contributed by atoms with E-state index in [4.69, 9.17) is 16.7 Å². The van der Waals surface area contributed by atoms with Crippen molar-refractivity contribution in [2.45, 2.75) is 6.42 Å². The molecule has 0 atom stereocenters. The lowest BCUT2D eigenvalue weighted by molar-refractivity contribution is -0.137. The van der Waals surface area contributed by atoms with Crippen LogP contribution in [0.2, 0.25) is 5.15 Å². The summed E-state index contributed by atoms with van der Waals surface area (Å²) in [6.07, 6.45) is 2.89. The minimum atomic E-state index is -0.808. The van der Waals surface area contributed by atoms with Gasteiger partial charge in [0.25, 0.3) is 5.91 Å². The van der Waals surface area contributed by atoms with E-state index in [0.717, 1.165) is 0 Å². The van der Waals surface area contributed by atoms with Gasteiger partial charge in [-0.25, -0.2) is 4.98 Å². The summed E-state index contributed by atoms with van der Waals surface area (Å²) in [7, 11) is 0. The number of amides is 1. The quantitative estimate of drug-likeness (QED) is 0.864. The number of carboxylic acids is 1. The van der Waals surface area contributed by atoms with Crippen LogP contribution in [0.5, 0.6) is 0 Å². The zero-order valence-electron chi connectivity index (χ0n) is 10.8. The van der Waals surface area contributed by atoms with Crippen molar-refractivity contribution in [3.8, 4) is 0 Å². The number of carbonyl (C=O) groups is 2. The molecule has 1 N–H and O–H groups in total. The van der Waals surface area contributed by atoms with E-state index in [1.807, 2.05) is 4.90 Å². The Bertz CT molecular complexity index is 503. The first-order valence-electron chi connectivity index (χ1n) is 6.27. The second-order valence-corrected chi connectivity index (χ2v) is 4.89. The van der Waals surface area contributed by atoms with Gasteiger partial charge < -0.3 is 10.0 Å². The van der Waals surface area contributed by atoms with Crippen molar-refractivity contribution in [3.05, 3.63) is 23.2 Å². The summed E-state index contributed by atoms with van der Waals surface area (Å²) >= 11 is 5.71. The molecule has 0 aromatic carbocycles. The van der Waals surface area contributed by atoms with Crippen LogP contribution in [-0.2, 0) is 4.79 Å². The summed E-state index contributed by atoms with van der Waals surface area (Å²) in [5.41, 5.74) is 0.233. The summed E-state index contributed by atoms with van der Waals surface area (Å²) in [6, 6.07) is 0. The first-order valence-corrected chi connectivity index (χ1v) is 6.65. The molecule has 2 rings (SSSR count). The van der Waals surface area contributed by atoms with Crippen LogP contribution in [0.3, 0.4) is 0 Å². The summed E-state index contributed by atoms with van der Waals surface area (Å²) < 4.78 is 0. The number of halogens is 1. The molecule has 1 saturated heterocycles. The number of rotatable bonds is 4. The predicted molar refractivity (Wildman–Crippen MR) is 71.6 cm³/mol. The molecule has 8 heteroatoms. The average Bonchev–Trinajstić information content (AvgIpc) is 2.45. The van der Waals surface area contributed by atoms with E-state index >= 15 is 0 Å². The molecule has 1 amide bonds. The molecule has 1 aromatic rings. The van der Waals surface area contributed by atoms with Gasteiger partial charge in [-0.15, -0.1) is 0 Å². The molecule has 0 aliphatic carbocycles. The Balaban J connectivity index is 1.87. The van der Waals surface area contributed by atoms with Gasteiger partial charge in [-0.05, 0) is 0 Å². The minimum absolute atomic E-state index is 0.119. The average molecular weight is 299 g/mol. The zero-order chi connectivity index (χ0) is 14.5. The second kappa shape index (κ2) is 6.62. The normalized spacial score (nSPS) is 16.1. The van der Waals surface area contributed by atoms with Gasteiger partial charge in [-0.2, -0.15) is 0 Å². The molecule has 20 heavy (non-hydrogen) atoms. The van der Waals surface area contributed by atoms with Crippen LogP contribution < -0.4 is 0 Å². The van der Waals surface area contributed by atoms with Gasteiger partial charge in [0.15, 0.2) is 0 Å². The molecule has 0 saturated carbocycles. The molecule has 0 spiro atoms. The fourth-order valence-electron chi connectivity index (χ4n) is 2.04. The van der Waals surface area contributed by atoms with Crippen molar-refractivity contribution in [1.82, 2.24) is 19.8 Å². The predicted octanol–water partition coefficient (Wildman–Crippen LogP) is 0.362. The molecule has 108 valence electrons. The van der Waals surface area contributed by atoms with Crippen LogP contribution in [0.15, 0.2) is 12.4 Å². The topological polar surface area (TPSA) is 86.6 Å². The molecule has 0 radical (unpaired) electrons. The van der Waals surface area contributed by atoms with E-state index in [-0.39, 0.29) is 23.2 Å². The lowest BCUT2D eigenvalue weighted by atomic mass is 10.2. The number of hydrogen-bond donors (Lipinski definition) is 1. The highest BCUT2D eigenvalue weighted by Crippen LogP contribution is 2.09. The number of aliphatic carboxylic acids is 1. The third-order valence-corrected chi connectivity index (χ3v) is 3.31. The molecule has 7 nitrogen and oxygen atoms in total. The summed E-state index contributed by atoms with van der Waals surface area (Å²) in [6.45, 7) is 2.92. The molecule has 2 heterocycles. The van der Waals surface area contributed by atoms with Crippen molar-refractivity contribution in [1.29, 1.82) is 0 Å². The van der Waals surface area contributed by atoms with E-state index in [0.29, 0.717) is 32.7 Å². The number of carbonyl (C=O) groups excluding carboxylic acids is 1. The van der Waals surface area contributed by atoms with E-state index < -0.39 is 5.97 Å². The van der Waals surface area contributed by atoms with Gasteiger partial charge in [0, 0.05) is 32.7 Å². The van der Waals surface area contributed by atoms with Crippen LogP contribution in [0.4, 0.5) is 0 Å². The van der Waals surface area contributed by atoms with Gasteiger partial charge in [-0.1, -0.05) is 11.6 Å². The maximum Gasteiger partial charge on any atom is 0.304 e. The SMILES string of the molecule is O=C(O)CCN1CCN(C(=O)c2cncc(Cl)n2)CC1. The fraction of sp³-hybridized carbons (Fsp3) is 0.500. The second-order valence-electron chi connectivity index (χ2n) is 4.50. The smallest absolute Gasteiger partial charge is 0.304 e. The minimum Gasteiger partial charge on any atom is -0.481 e. The molecular weight excluding hydrogens is 284 g/mol. The Morgan fingerprint density at radius 1 is 1.25 bits per heavy atom. The molecule has 1 aliphatic heterocycles. The van der Waals surface area contributed by atoms with Gasteiger partial charge in [-0.3, -0.25) is 19.5 Å². The lowest BCUT2D eigenvalue weighted by Gasteiger charge is -2.34. The largest absolute Gasteiger partial charge is 0.481 e. The van der Waals surface area contributed by atoms with Crippen LogP contribution in [0.1, 0.15) is 16.9 Å². The highest BCUT2D eigenvalue weighted by atomic mass is 35.5. The Kier molecular flexibility index (Phi) is 4.86. The third kappa shape index (κ3) is 3.88. The van der Waals surface area contributed by atoms with Crippen LogP contribution >= 0.6 is 11.6 Å². The highest BCUT2D eigenvalue weighted by molar-refractivity contribution is 6.29. The van der Waals surface area contributed by atoms with Gasteiger partial charge in [0.1, 0.15) is 10.8 Å². The first-order chi connectivity index (χ1) is 9.56. The van der Waals surface area contributed by atoms with Crippen molar-refractivity contribution in [2.75, 3.05) is 32.7 Å². The maximum atomic E-state index is 12.2. The summed E-state index contributed by atoms with van der Waals surface area (Å²) in [5, 5.41) is 8.83. The van der Waals surface area contributed by atoms with Gasteiger partial charge >= 0.3 is 5.97 Å². The Labute approximate surface area is 121 Å². The van der Waals surface area contributed by atoms with Crippen molar-refractivity contribution >= 4 is 23.5 Å². The van der Waals surface area contributed by atoms with Crippen molar-refractivity contribution < 1.29 is 14.7 Å². The van der Waals surface area contributed by atoms with Crippen molar-refractivity contribution in [3.63, 3.8) is 0 Å². The van der Waals surface area contributed by atoms with Crippen LogP contribution in [0, 0.1) is 0 Å². The van der Waals surface area contributed by atoms with Gasteiger partial charge in [0.05, 0.1) is 18.8 Å². The third-order valence-electron chi connectivity index (χ3n) is 3.13. The van der Waals surface area contributed by atoms with Gasteiger partial charge in [0.2, 0.25) is 0 Å². The summed E-state index contributed by atoms with van der Waals surface area (Å²) in [4.78, 5) is 34.2. The zero-order valence-corrected chi connectivity index (χ0v) is 11.6. The molecule has 1 aliphatic rings. The molecule has 0 bridgehead atoms. The number of piperazine rings is 1. The van der Waals surface area contributed by atoms with E-state index in [9.17, 15) is 9.59 Å². The van der Waals surface area contributed by atoms with E-state index in [1.54, 1.807) is 4.90 Å². The maximum absolute atomic E-state index is 12.2. The van der Waals surface area contributed by atoms with E-state index in [2.05, 4.69) is 9.97 Å². The first kappa shape index (κ1) is 14.7. The number of hydrogen-bond acceptors (Lipinski definition) is 5. The molecular formula is C12H15ClN4O3. The van der Waals surface area contributed by atoms with Crippen molar-refractivity contribution in [2.24, 2.45) is 0 Å². The fourth-order valence-corrected chi connectivity index (χ4v) is 2.18. The lowest BCUT2D eigenvalue weighted by Crippen LogP contribution is -2.49. The summed E-state index contributed by atoms with van der Waals surface area (Å²) in [5.74, 6) is -1.00. The molecule has 0 unspecified atom stereocenters. The number of nitrogens with zero attached hydrogens (tertiary/aromatic N) is 4. The Morgan fingerprint density at radius 2 is 1.95 bits per heavy atom. The highest BCUT2D eigenvalue weighted by Gasteiger charge is 2.23. The van der Waals surface area contributed by atoms with E-state index in [1.165, 1.54) is 12.4 Å². The standard InChI is InChI=1S/C12H15ClN4O3/c13-10-8-14-7-9(15-10)12(20)17-5-3-16(4-6-17)2-1-11(18)19/h7-8H,1-6H2,(H,18,19). The number of carboxylic acid groups (broad SMARTS) is 1. The molecule has 1 fully saturated rings. The monoisotopic (exact) mass is 298 g/mol. The van der Waals surface area contributed by atoms with Crippen LogP contribution in [-0.4, -0.2) is 69.5 Å². The van der Waals surface area contributed by atoms with Crippen LogP contribution in [0.25, 0.3) is 0 Å². The molecule has 1 aromatic heterocycles. The Morgan fingerprint density at radius 3 is 2.55 bits per heavy atom. The Hall–Kier alpha value is -1.73.